The second kappa shape index (κ2) is 7.33. The molecule has 0 radical (unpaired) electrons. The first-order valence-corrected chi connectivity index (χ1v) is 9.04. The summed E-state index contributed by atoms with van der Waals surface area (Å²) in [6.45, 7) is -0.291. The topological polar surface area (TPSA) is 76.8 Å². The molecule has 10 heteroatoms. The van der Waals surface area contributed by atoms with Gasteiger partial charge in [0.25, 0.3) is 10.0 Å². The van der Waals surface area contributed by atoms with Crippen LogP contribution in [-0.2, 0) is 21.4 Å². The van der Waals surface area contributed by atoms with Crippen molar-refractivity contribution in [3.05, 3.63) is 50.7 Å². The maximum absolute atomic E-state index is 12.1. The monoisotopic (exact) mass is 411 g/mol. The molecule has 0 amide bonds. The minimum absolute atomic E-state index is 0.0236. The molecule has 24 heavy (non-hydrogen) atoms. The van der Waals surface area contributed by atoms with Gasteiger partial charge >= 0.3 is 5.97 Å². The Kier molecular flexibility index (Phi) is 5.83. The lowest BCUT2D eigenvalue weighted by Gasteiger charge is -2.09. The predicted octanol–water partition coefficient (Wildman–Crippen LogP) is 3.85. The van der Waals surface area contributed by atoms with Crippen molar-refractivity contribution in [2.24, 2.45) is 0 Å². The second-order valence-corrected chi connectivity index (χ2v) is 8.08. The van der Waals surface area contributed by atoms with E-state index in [1.165, 1.54) is 38.4 Å². The quantitative estimate of drug-likeness (QED) is 0.551. The number of hydrogen-bond acceptors (Lipinski definition) is 5. The molecule has 1 aromatic carbocycles. The van der Waals surface area contributed by atoms with E-state index in [9.17, 15) is 13.2 Å². The Morgan fingerprint density at radius 1 is 1.12 bits per heavy atom. The molecule has 0 N–H and O–H groups in total. The van der Waals surface area contributed by atoms with Gasteiger partial charge in [0, 0.05) is 14.1 Å². The fraction of sp³-hybridized carbons (Fsp3) is 0.214. The molecule has 130 valence electrons. The number of nitrogens with zero attached hydrogens (tertiary/aromatic N) is 1. The molecule has 2 aromatic rings. The Bertz CT molecular complexity index is 877. The van der Waals surface area contributed by atoms with Gasteiger partial charge in [0.1, 0.15) is 12.4 Å². The van der Waals surface area contributed by atoms with Crippen LogP contribution in [0.1, 0.15) is 16.1 Å². The zero-order chi connectivity index (χ0) is 18.1. The number of sulfonamides is 1. The average Bonchev–Trinajstić information content (AvgIpc) is 2.99. The summed E-state index contributed by atoms with van der Waals surface area (Å²) in [6, 6.07) is 5.54. The van der Waals surface area contributed by atoms with Gasteiger partial charge in [0.2, 0.25) is 5.09 Å². The first-order valence-electron chi connectivity index (χ1n) is 6.46. The highest BCUT2D eigenvalue weighted by Gasteiger charge is 2.23. The Morgan fingerprint density at radius 3 is 2.38 bits per heavy atom. The van der Waals surface area contributed by atoms with Gasteiger partial charge in [-0.15, -0.1) is 0 Å². The van der Waals surface area contributed by atoms with E-state index >= 15 is 0 Å². The van der Waals surface area contributed by atoms with Crippen LogP contribution in [0.25, 0.3) is 0 Å². The van der Waals surface area contributed by atoms with Crippen LogP contribution < -0.4 is 0 Å². The van der Waals surface area contributed by atoms with Crippen LogP contribution in [0.3, 0.4) is 0 Å². The third-order valence-electron chi connectivity index (χ3n) is 2.97. The van der Waals surface area contributed by atoms with E-state index < -0.39 is 16.0 Å². The van der Waals surface area contributed by atoms with Crippen molar-refractivity contribution in [1.82, 2.24) is 4.31 Å². The summed E-state index contributed by atoms with van der Waals surface area (Å²) >= 11 is 17.7. The van der Waals surface area contributed by atoms with Gasteiger partial charge in [0.15, 0.2) is 0 Å². The molecular formula is C14H12Cl3NO5S. The minimum Gasteiger partial charge on any atom is -0.454 e. The Balaban J connectivity index is 2.14. The van der Waals surface area contributed by atoms with E-state index in [1.54, 1.807) is 0 Å². The maximum atomic E-state index is 12.1. The van der Waals surface area contributed by atoms with Crippen molar-refractivity contribution in [2.45, 2.75) is 11.7 Å². The molecule has 0 aliphatic rings. The smallest absolute Gasteiger partial charge is 0.341 e. The Hall–Kier alpha value is -1.25. The number of ether oxygens (including phenoxy) is 1. The van der Waals surface area contributed by atoms with Crippen LogP contribution in [0.5, 0.6) is 0 Å². The summed E-state index contributed by atoms with van der Waals surface area (Å²) in [5, 5.41) is -0.0306. The summed E-state index contributed by atoms with van der Waals surface area (Å²) < 4.78 is 35.1. The number of furan rings is 1. The average molecular weight is 413 g/mol. The number of benzene rings is 1. The molecule has 0 fully saturated rings. The van der Waals surface area contributed by atoms with Gasteiger partial charge in [-0.25, -0.2) is 17.5 Å². The molecule has 1 aromatic heterocycles. The molecule has 0 saturated heterocycles. The molecule has 0 aliphatic heterocycles. The molecule has 1 heterocycles. The fourth-order valence-electron chi connectivity index (χ4n) is 1.68. The summed E-state index contributed by atoms with van der Waals surface area (Å²) in [6.07, 6.45) is 0. The van der Waals surface area contributed by atoms with E-state index in [0.717, 1.165) is 4.31 Å². The van der Waals surface area contributed by atoms with Crippen LogP contribution in [0.15, 0.2) is 33.8 Å². The van der Waals surface area contributed by atoms with Crippen LogP contribution in [0.2, 0.25) is 15.1 Å². The predicted molar refractivity (Wildman–Crippen MR) is 90.2 cm³/mol. The molecule has 0 saturated carbocycles. The van der Waals surface area contributed by atoms with Crippen molar-refractivity contribution < 1.29 is 22.4 Å². The SMILES string of the molecule is CN(C)S(=O)(=O)c1ccc(COC(=O)c2c(Cl)ccc(Cl)c2Cl)o1. The Labute approximate surface area is 153 Å². The van der Waals surface area contributed by atoms with Gasteiger partial charge in [0.05, 0.1) is 20.6 Å². The summed E-state index contributed by atoms with van der Waals surface area (Å²) in [7, 11) is -0.948. The van der Waals surface area contributed by atoms with Crippen molar-refractivity contribution in [3.8, 4) is 0 Å². The lowest BCUT2D eigenvalue weighted by molar-refractivity contribution is 0.0441. The summed E-state index contributed by atoms with van der Waals surface area (Å²) in [4.78, 5) is 12.1. The van der Waals surface area contributed by atoms with E-state index in [-0.39, 0.29) is 38.1 Å². The Morgan fingerprint density at radius 2 is 1.75 bits per heavy atom. The molecule has 0 bridgehead atoms. The van der Waals surface area contributed by atoms with Gasteiger partial charge in [-0.2, -0.15) is 0 Å². The number of rotatable bonds is 5. The van der Waals surface area contributed by atoms with E-state index in [4.69, 9.17) is 44.0 Å². The number of halogens is 3. The largest absolute Gasteiger partial charge is 0.454 e. The van der Waals surface area contributed by atoms with Crippen LogP contribution in [0, 0.1) is 0 Å². The number of hydrogen-bond donors (Lipinski definition) is 0. The van der Waals surface area contributed by atoms with Crippen LogP contribution in [-0.4, -0.2) is 32.8 Å². The number of carbonyl (C=O) groups is 1. The normalized spacial score (nSPS) is 11.8. The molecule has 0 aliphatic carbocycles. The molecule has 2 rings (SSSR count). The fourth-order valence-corrected chi connectivity index (χ4v) is 3.17. The molecular weight excluding hydrogens is 401 g/mol. The zero-order valence-electron chi connectivity index (χ0n) is 12.5. The molecule has 0 atom stereocenters. The summed E-state index contributed by atoms with van der Waals surface area (Å²) in [5.74, 6) is -0.654. The molecule has 0 unspecified atom stereocenters. The maximum Gasteiger partial charge on any atom is 0.341 e. The lowest BCUT2D eigenvalue weighted by Crippen LogP contribution is -2.21. The van der Waals surface area contributed by atoms with Gasteiger partial charge in [-0.05, 0) is 24.3 Å². The van der Waals surface area contributed by atoms with Crippen molar-refractivity contribution in [1.29, 1.82) is 0 Å². The van der Waals surface area contributed by atoms with Gasteiger partial charge in [-0.1, -0.05) is 34.8 Å². The van der Waals surface area contributed by atoms with Crippen molar-refractivity contribution in [3.63, 3.8) is 0 Å². The first kappa shape index (κ1) is 19.1. The second-order valence-electron chi connectivity index (χ2n) is 4.80. The number of carbonyl (C=O) groups excluding carboxylic acids is 1. The summed E-state index contributed by atoms with van der Waals surface area (Å²) in [5.41, 5.74) is -0.0708. The molecule has 0 spiro atoms. The van der Waals surface area contributed by atoms with Crippen LogP contribution in [0.4, 0.5) is 0 Å². The van der Waals surface area contributed by atoms with E-state index in [2.05, 4.69) is 0 Å². The highest BCUT2D eigenvalue weighted by molar-refractivity contribution is 7.88. The highest BCUT2D eigenvalue weighted by Crippen LogP contribution is 2.32. The first-order chi connectivity index (χ1) is 11.1. The zero-order valence-corrected chi connectivity index (χ0v) is 15.6. The highest BCUT2D eigenvalue weighted by atomic mass is 35.5. The minimum atomic E-state index is -3.70. The number of esters is 1. The lowest BCUT2D eigenvalue weighted by atomic mass is 10.2. The third kappa shape index (κ3) is 3.87. The van der Waals surface area contributed by atoms with Gasteiger partial charge in [-0.3, -0.25) is 0 Å². The van der Waals surface area contributed by atoms with Crippen molar-refractivity contribution >= 4 is 50.8 Å². The van der Waals surface area contributed by atoms with Gasteiger partial charge < -0.3 is 9.15 Å². The molecule has 6 nitrogen and oxygen atoms in total. The van der Waals surface area contributed by atoms with Crippen LogP contribution >= 0.6 is 34.8 Å². The standard InChI is InChI=1S/C14H12Cl3NO5S/c1-18(2)24(20,21)11-6-3-8(23-11)7-22-14(19)12-9(15)4-5-10(16)13(12)17/h3-6H,7H2,1-2H3. The third-order valence-corrected chi connectivity index (χ3v) is 5.77. The van der Waals surface area contributed by atoms with Crippen molar-refractivity contribution in [2.75, 3.05) is 14.1 Å². The van der Waals surface area contributed by atoms with E-state index in [0.29, 0.717) is 0 Å². The van der Waals surface area contributed by atoms with E-state index in [1.807, 2.05) is 0 Å².